The van der Waals surface area contributed by atoms with Gasteiger partial charge in [0.05, 0.1) is 0 Å². The van der Waals surface area contributed by atoms with Crippen LogP contribution < -0.4 is 0 Å². The summed E-state index contributed by atoms with van der Waals surface area (Å²) in [6, 6.07) is 6.27. The Morgan fingerprint density at radius 3 is 2.30 bits per heavy atom. The monoisotopic (exact) mass is 320 g/mol. The Hall–Kier alpha value is -1.91. The van der Waals surface area contributed by atoms with Crippen molar-refractivity contribution in [3.8, 4) is 0 Å². The third-order valence-corrected chi connectivity index (χ3v) is 4.19. The van der Waals surface area contributed by atoms with Crippen LogP contribution in [0.15, 0.2) is 24.3 Å². The molecule has 1 aromatic rings. The Kier molecular flexibility index (Phi) is 6.13. The van der Waals surface area contributed by atoms with Crippen molar-refractivity contribution in [2.75, 3.05) is 26.2 Å². The van der Waals surface area contributed by atoms with Gasteiger partial charge in [0.1, 0.15) is 5.82 Å². The number of hydrogen-bond donors (Lipinski definition) is 0. The maximum Gasteiger partial charge on any atom is 0.225 e. The lowest BCUT2D eigenvalue weighted by Crippen LogP contribution is -2.39. The number of hydrogen-bond acceptors (Lipinski definition) is 2. The molecule has 0 aliphatic carbocycles. The lowest BCUT2D eigenvalue weighted by molar-refractivity contribution is -0.135. The number of rotatable bonds is 4. The maximum absolute atomic E-state index is 12.9. The van der Waals surface area contributed by atoms with E-state index in [2.05, 4.69) is 0 Å². The van der Waals surface area contributed by atoms with Gasteiger partial charge in [-0.15, -0.1) is 0 Å². The van der Waals surface area contributed by atoms with E-state index < -0.39 is 0 Å². The first-order valence-electron chi connectivity index (χ1n) is 8.28. The van der Waals surface area contributed by atoms with E-state index in [4.69, 9.17) is 0 Å². The summed E-state index contributed by atoms with van der Waals surface area (Å²) in [5.41, 5.74) is 0.964. The van der Waals surface area contributed by atoms with Crippen LogP contribution in [0, 0.1) is 11.7 Å². The number of nitrogens with zero attached hydrogens (tertiary/aromatic N) is 2. The number of carbonyl (C=O) groups is 2. The van der Waals surface area contributed by atoms with Gasteiger partial charge in [0.2, 0.25) is 11.8 Å². The summed E-state index contributed by atoms with van der Waals surface area (Å²) in [6.45, 7) is 6.43. The highest BCUT2D eigenvalue weighted by molar-refractivity contribution is 5.79. The second-order valence-corrected chi connectivity index (χ2v) is 6.34. The molecule has 4 nitrogen and oxygen atoms in total. The smallest absolute Gasteiger partial charge is 0.225 e. The zero-order valence-corrected chi connectivity index (χ0v) is 13.9. The van der Waals surface area contributed by atoms with E-state index in [0.29, 0.717) is 32.5 Å². The topological polar surface area (TPSA) is 40.6 Å². The highest BCUT2D eigenvalue weighted by atomic mass is 19.1. The first-order valence-corrected chi connectivity index (χ1v) is 8.28. The molecule has 1 aromatic carbocycles. The molecule has 0 unspecified atom stereocenters. The summed E-state index contributed by atoms with van der Waals surface area (Å²) < 4.78 is 12.9. The Balaban J connectivity index is 1.83. The van der Waals surface area contributed by atoms with Crippen LogP contribution in [0.1, 0.15) is 32.3 Å². The zero-order chi connectivity index (χ0) is 16.8. The van der Waals surface area contributed by atoms with Gasteiger partial charge in [-0.3, -0.25) is 9.59 Å². The van der Waals surface area contributed by atoms with Crippen LogP contribution in [0.5, 0.6) is 0 Å². The van der Waals surface area contributed by atoms with Crippen molar-refractivity contribution in [2.45, 2.75) is 33.1 Å². The molecule has 2 rings (SSSR count). The van der Waals surface area contributed by atoms with Crippen molar-refractivity contribution in [3.05, 3.63) is 35.6 Å². The van der Waals surface area contributed by atoms with Gasteiger partial charge in [0.25, 0.3) is 0 Å². The summed E-state index contributed by atoms with van der Waals surface area (Å²) in [5, 5.41) is 0. The lowest BCUT2D eigenvalue weighted by atomic mass is 10.1. The van der Waals surface area contributed by atoms with Crippen LogP contribution in [0.2, 0.25) is 0 Å². The van der Waals surface area contributed by atoms with Crippen molar-refractivity contribution in [1.29, 1.82) is 0 Å². The van der Waals surface area contributed by atoms with Gasteiger partial charge in [-0.05, 0) is 30.5 Å². The molecule has 0 spiro atoms. The van der Waals surface area contributed by atoms with E-state index >= 15 is 0 Å². The zero-order valence-electron chi connectivity index (χ0n) is 13.9. The largest absolute Gasteiger partial charge is 0.341 e. The van der Waals surface area contributed by atoms with Crippen molar-refractivity contribution >= 4 is 11.8 Å². The Labute approximate surface area is 137 Å². The first-order chi connectivity index (χ1) is 11.0. The summed E-state index contributed by atoms with van der Waals surface area (Å²) in [4.78, 5) is 28.1. The van der Waals surface area contributed by atoms with Crippen LogP contribution in [0.4, 0.5) is 4.39 Å². The molecule has 0 bridgehead atoms. The number of amides is 2. The SMILES string of the molecule is CC(C)C(=O)N1CCCN(C(=O)CCc2ccc(F)cc2)CC1. The predicted molar refractivity (Wildman–Crippen MR) is 87.3 cm³/mol. The number of halogens is 1. The van der Waals surface area contributed by atoms with Crippen LogP contribution in [0.25, 0.3) is 0 Å². The van der Waals surface area contributed by atoms with Crippen LogP contribution in [0.3, 0.4) is 0 Å². The second-order valence-electron chi connectivity index (χ2n) is 6.34. The molecular formula is C18H25FN2O2. The van der Waals surface area contributed by atoms with Gasteiger partial charge >= 0.3 is 0 Å². The molecule has 0 aromatic heterocycles. The quantitative estimate of drug-likeness (QED) is 0.855. The first kappa shape index (κ1) is 17.4. The van der Waals surface area contributed by atoms with Gasteiger partial charge in [-0.1, -0.05) is 26.0 Å². The second kappa shape index (κ2) is 8.09. The minimum absolute atomic E-state index is 0.00396. The number of benzene rings is 1. The van der Waals surface area contributed by atoms with Gasteiger partial charge in [-0.25, -0.2) is 4.39 Å². The Morgan fingerprint density at radius 2 is 1.65 bits per heavy atom. The van der Waals surface area contributed by atoms with Crippen molar-refractivity contribution in [3.63, 3.8) is 0 Å². The fourth-order valence-corrected chi connectivity index (χ4v) is 2.81. The third-order valence-electron chi connectivity index (χ3n) is 4.19. The lowest BCUT2D eigenvalue weighted by Gasteiger charge is -2.23. The standard InChI is InChI=1S/C18H25FN2O2/c1-14(2)18(23)21-11-3-10-20(12-13-21)17(22)9-6-15-4-7-16(19)8-5-15/h4-5,7-8,14H,3,6,9-13H2,1-2H3. The normalized spacial score (nSPS) is 15.7. The Morgan fingerprint density at radius 1 is 1.04 bits per heavy atom. The minimum atomic E-state index is -0.262. The number of carbonyl (C=O) groups excluding carboxylic acids is 2. The highest BCUT2D eigenvalue weighted by Crippen LogP contribution is 2.11. The molecule has 0 N–H and O–H groups in total. The molecule has 1 aliphatic heterocycles. The van der Waals surface area contributed by atoms with Crippen LogP contribution in [-0.4, -0.2) is 47.8 Å². The van der Waals surface area contributed by atoms with Crippen molar-refractivity contribution in [1.82, 2.24) is 9.80 Å². The molecule has 0 radical (unpaired) electrons. The van der Waals surface area contributed by atoms with E-state index in [-0.39, 0.29) is 23.5 Å². The van der Waals surface area contributed by atoms with E-state index in [1.165, 1.54) is 12.1 Å². The molecule has 1 saturated heterocycles. The van der Waals surface area contributed by atoms with Gasteiger partial charge in [0.15, 0.2) is 0 Å². The average molecular weight is 320 g/mol. The molecular weight excluding hydrogens is 295 g/mol. The molecule has 126 valence electrons. The summed E-state index contributed by atoms with van der Waals surface area (Å²) in [6.07, 6.45) is 1.86. The summed E-state index contributed by atoms with van der Waals surface area (Å²) in [5.74, 6) is -0.00276. The predicted octanol–water partition coefficient (Wildman–Crippen LogP) is 2.48. The summed E-state index contributed by atoms with van der Waals surface area (Å²) in [7, 11) is 0. The van der Waals surface area contributed by atoms with Crippen molar-refractivity contribution in [2.24, 2.45) is 5.92 Å². The van der Waals surface area contributed by atoms with Gasteiger partial charge in [0, 0.05) is 38.5 Å². The van der Waals surface area contributed by atoms with Crippen LogP contribution in [-0.2, 0) is 16.0 Å². The molecule has 0 saturated carbocycles. The minimum Gasteiger partial charge on any atom is -0.341 e. The Bertz CT molecular complexity index is 542. The molecule has 23 heavy (non-hydrogen) atoms. The van der Waals surface area contributed by atoms with E-state index in [1.807, 2.05) is 23.6 Å². The van der Waals surface area contributed by atoms with E-state index in [0.717, 1.165) is 18.5 Å². The highest BCUT2D eigenvalue weighted by Gasteiger charge is 2.23. The maximum atomic E-state index is 12.9. The molecule has 0 atom stereocenters. The fourth-order valence-electron chi connectivity index (χ4n) is 2.81. The molecule has 5 heteroatoms. The average Bonchev–Trinajstić information content (AvgIpc) is 2.79. The third kappa shape index (κ3) is 5.05. The fraction of sp³-hybridized carbons (Fsp3) is 0.556. The van der Waals surface area contributed by atoms with Gasteiger partial charge in [-0.2, -0.15) is 0 Å². The molecule has 1 fully saturated rings. The summed E-state index contributed by atoms with van der Waals surface area (Å²) >= 11 is 0. The molecule has 2 amide bonds. The van der Waals surface area contributed by atoms with E-state index in [1.54, 1.807) is 12.1 Å². The number of aryl methyl sites for hydroxylation is 1. The van der Waals surface area contributed by atoms with Crippen LogP contribution >= 0.6 is 0 Å². The molecule has 1 aliphatic rings. The van der Waals surface area contributed by atoms with Gasteiger partial charge < -0.3 is 9.80 Å². The van der Waals surface area contributed by atoms with E-state index in [9.17, 15) is 14.0 Å². The molecule has 1 heterocycles. The van der Waals surface area contributed by atoms with Crippen molar-refractivity contribution < 1.29 is 14.0 Å².